The molecule has 2 aromatic carbocycles. The predicted molar refractivity (Wildman–Crippen MR) is 174 cm³/mol. The van der Waals surface area contributed by atoms with Gasteiger partial charge >= 0.3 is 0 Å². The third-order valence-electron chi connectivity index (χ3n) is 8.87. The molecule has 0 saturated carbocycles. The highest BCUT2D eigenvalue weighted by Gasteiger charge is 2.40. The maximum atomic E-state index is 15.0. The molecule has 2 amide bonds. The van der Waals surface area contributed by atoms with Crippen molar-refractivity contribution < 1.29 is 23.2 Å². The third kappa shape index (κ3) is 6.12. The van der Waals surface area contributed by atoms with Crippen LogP contribution in [0.15, 0.2) is 61.3 Å². The largest absolute Gasteiger partial charge is 0.353 e. The fourth-order valence-electron chi connectivity index (χ4n) is 6.55. The molecule has 246 valence electrons. The highest BCUT2D eigenvalue weighted by atomic mass is 19.1. The first kappa shape index (κ1) is 31.1. The van der Waals surface area contributed by atoms with E-state index in [0.717, 1.165) is 31.5 Å². The van der Waals surface area contributed by atoms with Crippen molar-refractivity contribution in [3.8, 4) is 11.4 Å². The molecular formula is C34H33F2N9O3. The summed E-state index contributed by atoms with van der Waals surface area (Å²) in [5.41, 5.74) is 2.91. The van der Waals surface area contributed by atoms with Crippen molar-refractivity contribution in [1.82, 2.24) is 34.2 Å². The molecule has 3 aromatic heterocycles. The van der Waals surface area contributed by atoms with Gasteiger partial charge in [0.25, 0.3) is 0 Å². The molecule has 1 unspecified atom stereocenters. The molecule has 1 fully saturated rings. The topological polar surface area (TPSA) is 140 Å². The highest BCUT2D eigenvalue weighted by Crippen LogP contribution is 2.30. The summed E-state index contributed by atoms with van der Waals surface area (Å²) in [5, 5.41) is 15.1. The Kier molecular flexibility index (Phi) is 8.38. The van der Waals surface area contributed by atoms with Gasteiger partial charge in [-0.2, -0.15) is 0 Å². The standard InChI is InChI=1S/C34H33F2N9O3/c1-20(46)27-17-43(29-9-7-22(12-25(27)29)39-24-14-37-19-38-15-24)18-32(47)45-16-21(35)11-30(45)34(48)40-23-6-8-28(36)26(13-23)33-42-41-31-5-3-2-4-10-44(31)33/h6-9,12-15,17,19,21,30,39H,2-5,10-11,16,18H2,1H3,(H,40,48)/t21-,30?/m1/s1. The van der Waals surface area contributed by atoms with Crippen LogP contribution in [0.1, 0.15) is 48.8 Å². The van der Waals surface area contributed by atoms with Gasteiger partial charge in [-0.25, -0.2) is 18.7 Å². The summed E-state index contributed by atoms with van der Waals surface area (Å²) < 4.78 is 33.4. The fraction of sp³-hybridized carbons (Fsp3) is 0.324. The number of aryl methyl sites for hydroxylation is 1. The van der Waals surface area contributed by atoms with Gasteiger partial charge < -0.3 is 24.7 Å². The smallest absolute Gasteiger partial charge is 0.247 e. The number of hydrogen-bond acceptors (Lipinski definition) is 8. The number of nitrogens with zero attached hydrogens (tertiary/aromatic N) is 7. The molecule has 0 spiro atoms. The number of ketones is 1. The van der Waals surface area contributed by atoms with E-state index in [1.807, 2.05) is 4.57 Å². The number of halogens is 2. The Hall–Kier alpha value is -5.53. The molecule has 14 heteroatoms. The molecule has 0 aliphatic carbocycles. The molecule has 1 saturated heterocycles. The highest BCUT2D eigenvalue weighted by molar-refractivity contribution is 6.08. The number of carbonyl (C=O) groups is 3. The Bertz CT molecular complexity index is 2030. The Labute approximate surface area is 274 Å². The lowest BCUT2D eigenvalue weighted by atomic mass is 10.1. The number of carbonyl (C=O) groups excluding carboxylic acids is 3. The molecule has 2 atom stereocenters. The van der Waals surface area contributed by atoms with Crippen LogP contribution in [-0.2, 0) is 29.1 Å². The average molecular weight is 654 g/mol. The molecule has 7 rings (SSSR count). The SMILES string of the molecule is CC(=O)c1cn(CC(=O)N2C[C@H](F)CC2C(=O)Nc2ccc(F)c(-c3nnc4n3CCCCC4)c2)c2ccc(Nc3cncnc3)cc12. The van der Waals surface area contributed by atoms with Gasteiger partial charge in [0.05, 0.1) is 30.2 Å². The molecule has 0 bridgehead atoms. The van der Waals surface area contributed by atoms with Crippen molar-refractivity contribution in [2.45, 2.75) is 64.3 Å². The zero-order chi connectivity index (χ0) is 33.4. The lowest BCUT2D eigenvalue weighted by molar-refractivity contribution is -0.137. The molecule has 48 heavy (non-hydrogen) atoms. The van der Waals surface area contributed by atoms with Gasteiger partial charge in [0, 0.05) is 53.4 Å². The maximum Gasteiger partial charge on any atom is 0.247 e. The van der Waals surface area contributed by atoms with Gasteiger partial charge in [0.15, 0.2) is 11.6 Å². The second-order valence-electron chi connectivity index (χ2n) is 12.2. The number of benzene rings is 2. The van der Waals surface area contributed by atoms with Crippen LogP contribution in [0, 0.1) is 5.82 Å². The molecule has 2 N–H and O–H groups in total. The van der Waals surface area contributed by atoms with E-state index in [2.05, 4.69) is 30.8 Å². The zero-order valence-corrected chi connectivity index (χ0v) is 26.2. The minimum absolute atomic E-state index is 0.174. The van der Waals surface area contributed by atoms with Gasteiger partial charge in [-0.05, 0) is 56.2 Å². The molecule has 5 heterocycles. The van der Waals surface area contributed by atoms with Crippen LogP contribution in [0.5, 0.6) is 0 Å². The van der Waals surface area contributed by atoms with Gasteiger partial charge in [0.1, 0.15) is 36.7 Å². The minimum atomic E-state index is -1.40. The van der Waals surface area contributed by atoms with Crippen LogP contribution in [-0.4, -0.2) is 70.6 Å². The summed E-state index contributed by atoms with van der Waals surface area (Å²) in [7, 11) is 0. The maximum absolute atomic E-state index is 15.0. The van der Waals surface area contributed by atoms with Crippen molar-refractivity contribution in [1.29, 1.82) is 0 Å². The van der Waals surface area contributed by atoms with Crippen molar-refractivity contribution in [3.05, 3.63) is 78.5 Å². The van der Waals surface area contributed by atoms with Crippen molar-refractivity contribution in [3.63, 3.8) is 0 Å². The number of amides is 2. The number of aromatic nitrogens is 6. The van der Waals surface area contributed by atoms with Crippen LogP contribution in [0.25, 0.3) is 22.3 Å². The summed E-state index contributed by atoms with van der Waals surface area (Å²) >= 11 is 0. The zero-order valence-electron chi connectivity index (χ0n) is 26.2. The van der Waals surface area contributed by atoms with Crippen LogP contribution >= 0.6 is 0 Å². The number of likely N-dealkylation sites (tertiary alicyclic amines) is 1. The van der Waals surface area contributed by atoms with Crippen LogP contribution in [0.2, 0.25) is 0 Å². The average Bonchev–Trinajstić information content (AvgIpc) is 3.72. The number of anilines is 3. The lowest BCUT2D eigenvalue weighted by Crippen LogP contribution is -2.44. The van der Waals surface area contributed by atoms with Crippen molar-refractivity contribution >= 4 is 45.6 Å². The molecule has 0 radical (unpaired) electrons. The van der Waals surface area contributed by atoms with E-state index in [1.54, 1.807) is 41.4 Å². The normalized spacial score (nSPS) is 17.6. The molecule has 2 aliphatic heterocycles. The Morgan fingerprint density at radius 2 is 1.79 bits per heavy atom. The second-order valence-corrected chi connectivity index (χ2v) is 12.2. The number of alkyl halides is 1. The van der Waals surface area contributed by atoms with Gasteiger partial charge in [0.2, 0.25) is 11.8 Å². The van der Waals surface area contributed by atoms with E-state index in [1.165, 1.54) is 36.4 Å². The monoisotopic (exact) mass is 653 g/mol. The first-order valence-electron chi connectivity index (χ1n) is 15.9. The summed E-state index contributed by atoms with van der Waals surface area (Å²) in [6.07, 6.45) is 8.42. The minimum Gasteiger partial charge on any atom is -0.353 e. The molecule has 12 nitrogen and oxygen atoms in total. The lowest BCUT2D eigenvalue weighted by Gasteiger charge is -2.24. The number of nitrogens with one attached hydrogen (secondary N) is 2. The molecular weight excluding hydrogens is 620 g/mol. The van der Waals surface area contributed by atoms with E-state index in [-0.39, 0.29) is 30.9 Å². The third-order valence-corrected chi connectivity index (χ3v) is 8.87. The summed E-state index contributed by atoms with van der Waals surface area (Å²) in [6, 6.07) is 8.48. The first-order chi connectivity index (χ1) is 23.2. The van der Waals surface area contributed by atoms with Gasteiger partial charge in [-0.3, -0.25) is 14.4 Å². The summed E-state index contributed by atoms with van der Waals surface area (Å²) in [6.45, 7) is 1.67. The van der Waals surface area contributed by atoms with Crippen molar-refractivity contribution in [2.75, 3.05) is 17.2 Å². The fourth-order valence-corrected chi connectivity index (χ4v) is 6.55. The predicted octanol–water partition coefficient (Wildman–Crippen LogP) is 5.08. The summed E-state index contributed by atoms with van der Waals surface area (Å²) in [5.74, 6) is -0.552. The van der Waals surface area contributed by atoms with E-state index in [9.17, 15) is 18.8 Å². The van der Waals surface area contributed by atoms with Crippen LogP contribution in [0.3, 0.4) is 0 Å². The van der Waals surface area contributed by atoms with E-state index < -0.39 is 29.8 Å². The second kappa shape index (κ2) is 12.9. The van der Waals surface area contributed by atoms with E-state index in [0.29, 0.717) is 45.9 Å². The van der Waals surface area contributed by atoms with Gasteiger partial charge in [-0.1, -0.05) is 6.42 Å². The van der Waals surface area contributed by atoms with Gasteiger partial charge in [-0.15, -0.1) is 10.2 Å². The van der Waals surface area contributed by atoms with E-state index >= 15 is 4.39 Å². The van der Waals surface area contributed by atoms with E-state index in [4.69, 9.17) is 0 Å². The number of rotatable bonds is 8. The van der Waals surface area contributed by atoms with Crippen molar-refractivity contribution in [2.24, 2.45) is 0 Å². The van der Waals surface area contributed by atoms with Crippen LogP contribution < -0.4 is 10.6 Å². The molecule has 2 aliphatic rings. The first-order valence-corrected chi connectivity index (χ1v) is 15.9. The Balaban J connectivity index is 1.10. The quantitative estimate of drug-likeness (QED) is 0.221. The summed E-state index contributed by atoms with van der Waals surface area (Å²) in [4.78, 5) is 49.0. The molecule has 5 aromatic rings. The number of hydrogen-bond donors (Lipinski definition) is 2. The number of Topliss-reactive ketones (excluding diaryl/α,β-unsaturated/α-hetero) is 1. The Morgan fingerprint density at radius 3 is 2.60 bits per heavy atom. The van der Waals surface area contributed by atoms with Crippen LogP contribution in [0.4, 0.5) is 25.8 Å². The Morgan fingerprint density at radius 1 is 0.979 bits per heavy atom. The number of fused-ring (bicyclic) bond motifs is 2.